The van der Waals surface area contributed by atoms with Gasteiger partial charge in [-0.25, -0.2) is 0 Å². The maximum absolute atomic E-state index is 5.39. The Kier molecular flexibility index (Phi) is 1.22. The number of hydrogen-bond acceptors (Lipinski definition) is 2. The molecule has 0 fully saturated rings. The second-order valence-electron chi connectivity index (χ2n) is 1.03. The quantitative estimate of drug-likeness (QED) is 0.411. The summed E-state index contributed by atoms with van der Waals surface area (Å²) in [5, 5.41) is 0.481. The van der Waals surface area contributed by atoms with Gasteiger partial charge in [-0.3, -0.25) is 0 Å². The van der Waals surface area contributed by atoms with Crippen LogP contribution in [0.2, 0.25) is 0 Å². The van der Waals surface area contributed by atoms with Gasteiger partial charge in [-0.2, -0.15) is 0 Å². The lowest BCUT2D eigenvalue weighted by molar-refractivity contribution is 1.43. The minimum Gasteiger partial charge on any atom is -0.0532 e. The fraction of sp³-hybridized carbons (Fsp3) is 0. The standard InChI is InChI=1S/C4H3ClN2/c5-4-1-2-6-3-7-4/h1-3H/q+1. The highest BCUT2D eigenvalue weighted by atomic mass is 35.5. The molecule has 0 spiro atoms. The minimum absolute atomic E-state index is 0.481. The third-order valence-electron chi connectivity index (χ3n) is 0.546. The molecule has 0 saturated heterocycles. The summed E-state index contributed by atoms with van der Waals surface area (Å²) >= 11 is 5.39. The topological polar surface area (TPSA) is 26.5 Å². The zero-order valence-corrected chi connectivity index (χ0v) is 4.26. The van der Waals surface area contributed by atoms with Crippen LogP contribution in [-0.2, 0) is 0 Å². The molecule has 1 radical (unpaired) electrons. The summed E-state index contributed by atoms with van der Waals surface area (Å²) in [6.45, 7) is 0. The van der Waals surface area contributed by atoms with Crippen molar-refractivity contribution in [3.8, 4) is 0 Å². The van der Waals surface area contributed by atoms with E-state index in [2.05, 4.69) is 9.98 Å². The SMILES string of the molecule is ClC1=CC=[N+]C=N1. The largest absolute Gasteiger partial charge is 0.328 e. The van der Waals surface area contributed by atoms with Crippen LogP contribution < -0.4 is 4.99 Å². The first kappa shape index (κ1) is 4.53. The third-order valence-corrected chi connectivity index (χ3v) is 0.769. The Morgan fingerprint density at radius 2 is 2.57 bits per heavy atom. The predicted octanol–water partition coefficient (Wildman–Crippen LogP) is 0.515. The molecule has 0 aromatic carbocycles. The molecule has 0 aliphatic carbocycles. The predicted molar refractivity (Wildman–Crippen MR) is 30.6 cm³/mol. The van der Waals surface area contributed by atoms with Gasteiger partial charge in [-0.15, -0.1) is 0 Å². The number of aliphatic imine (C=N–C) groups is 2. The van der Waals surface area contributed by atoms with Gasteiger partial charge >= 0.3 is 6.34 Å². The highest BCUT2D eigenvalue weighted by Gasteiger charge is 1.96. The molecule has 0 N–H and O–H groups in total. The normalized spacial score (nSPS) is 17.0. The molecule has 0 bridgehead atoms. The Morgan fingerprint density at radius 1 is 1.71 bits per heavy atom. The molecule has 0 amide bonds. The van der Waals surface area contributed by atoms with E-state index in [1.54, 1.807) is 12.3 Å². The zero-order chi connectivity index (χ0) is 5.11. The molecule has 3 heteroatoms. The van der Waals surface area contributed by atoms with Crippen LogP contribution in [0.3, 0.4) is 0 Å². The van der Waals surface area contributed by atoms with E-state index in [9.17, 15) is 0 Å². The fourth-order valence-electron chi connectivity index (χ4n) is 0.275. The van der Waals surface area contributed by atoms with Crippen LogP contribution in [0.4, 0.5) is 0 Å². The van der Waals surface area contributed by atoms with E-state index in [1.807, 2.05) is 0 Å². The number of allylic oxidation sites excluding steroid dienone is 1. The second kappa shape index (κ2) is 1.89. The molecule has 1 heterocycles. The average molecular weight is 115 g/mol. The molecule has 1 aliphatic heterocycles. The zero-order valence-electron chi connectivity index (χ0n) is 3.50. The lowest BCUT2D eigenvalue weighted by atomic mass is 10.6. The third kappa shape index (κ3) is 1.12. The van der Waals surface area contributed by atoms with Gasteiger partial charge in [-0.1, -0.05) is 4.99 Å². The first-order valence-electron chi connectivity index (χ1n) is 1.81. The highest BCUT2D eigenvalue weighted by molar-refractivity contribution is 6.31. The van der Waals surface area contributed by atoms with Gasteiger partial charge in [0.2, 0.25) is 5.16 Å². The maximum atomic E-state index is 5.39. The number of hydrogen-bond donors (Lipinski definition) is 0. The van der Waals surface area contributed by atoms with Crippen molar-refractivity contribution in [3.05, 3.63) is 11.2 Å². The fourth-order valence-corrected chi connectivity index (χ4v) is 0.375. The van der Waals surface area contributed by atoms with Crippen molar-refractivity contribution in [1.82, 2.24) is 4.99 Å². The molecule has 1 rings (SSSR count). The summed E-state index contributed by atoms with van der Waals surface area (Å²) < 4.78 is 0. The van der Waals surface area contributed by atoms with Crippen molar-refractivity contribution in [3.63, 3.8) is 0 Å². The molecular formula is C4H3ClN2+. The molecular weight excluding hydrogens is 112 g/mol. The van der Waals surface area contributed by atoms with Crippen molar-refractivity contribution in [2.24, 2.45) is 4.99 Å². The van der Waals surface area contributed by atoms with Gasteiger partial charge in [0.15, 0.2) is 0 Å². The Morgan fingerprint density at radius 3 is 2.86 bits per heavy atom. The Hall–Kier alpha value is -0.630. The van der Waals surface area contributed by atoms with E-state index in [0.29, 0.717) is 5.16 Å². The van der Waals surface area contributed by atoms with E-state index in [1.165, 1.54) is 6.34 Å². The molecule has 0 saturated carbocycles. The molecule has 0 unspecified atom stereocenters. The lowest BCUT2D eigenvalue weighted by Gasteiger charge is -1.72. The van der Waals surface area contributed by atoms with Crippen molar-refractivity contribution < 1.29 is 0 Å². The summed E-state index contributed by atoms with van der Waals surface area (Å²) in [7, 11) is 0. The van der Waals surface area contributed by atoms with Crippen LogP contribution in [0.15, 0.2) is 16.2 Å². The van der Waals surface area contributed by atoms with Gasteiger partial charge in [0, 0.05) is 6.08 Å². The minimum atomic E-state index is 0.481. The number of nitrogens with zero attached hydrogens (tertiary/aromatic N) is 2. The first-order chi connectivity index (χ1) is 3.39. The molecule has 0 aromatic heterocycles. The lowest BCUT2D eigenvalue weighted by Crippen LogP contribution is -1.91. The van der Waals surface area contributed by atoms with Crippen LogP contribution >= 0.6 is 11.6 Å². The van der Waals surface area contributed by atoms with Crippen molar-refractivity contribution in [2.45, 2.75) is 0 Å². The molecule has 7 heavy (non-hydrogen) atoms. The smallest absolute Gasteiger partial charge is 0.0532 e. The monoisotopic (exact) mass is 114 g/mol. The van der Waals surface area contributed by atoms with E-state index >= 15 is 0 Å². The van der Waals surface area contributed by atoms with Crippen LogP contribution in [0.5, 0.6) is 0 Å². The van der Waals surface area contributed by atoms with E-state index in [-0.39, 0.29) is 0 Å². The van der Waals surface area contributed by atoms with Crippen LogP contribution in [0.25, 0.3) is 0 Å². The Labute approximate surface area is 46.2 Å². The van der Waals surface area contributed by atoms with Gasteiger partial charge < -0.3 is 0 Å². The Balaban J connectivity index is 2.82. The summed E-state index contributed by atoms with van der Waals surface area (Å²) in [5.74, 6) is 0. The van der Waals surface area contributed by atoms with Crippen molar-refractivity contribution in [2.75, 3.05) is 0 Å². The van der Waals surface area contributed by atoms with Crippen molar-refractivity contribution in [1.29, 1.82) is 0 Å². The van der Waals surface area contributed by atoms with Crippen LogP contribution in [0, 0.1) is 0 Å². The molecule has 35 valence electrons. The second-order valence-corrected chi connectivity index (χ2v) is 1.42. The van der Waals surface area contributed by atoms with Crippen LogP contribution in [0.1, 0.15) is 0 Å². The van der Waals surface area contributed by atoms with E-state index in [4.69, 9.17) is 11.6 Å². The van der Waals surface area contributed by atoms with Gasteiger partial charge in [0.05, 0.1) is 0 Å². The maximum Gasteiger partial charge on any atom is 0.328 e. The first-order valence-corrected chi connectivity index (χ1v) is 2.19. The molecule has 0 aromatic rings. The van der Waals surface area contributed by atoms with E-state index in [0.717, 1.165) is 0 Å². The summed E-state index contributed by atoms with van der Waals surface area (Å²) in [4.78, 5) is 7.28. The van der Waals surface area contributed by atoms with Gasteiger partial charge in [-0.05, 0) is 16.6 Å². The van der Waals surface area contributed by atoms with Crippen molar-refractivity contribution >= 4 is 24.2 Å². The summed E-state index contributed by atoms with van der Waals surface area (Å²) in [6.07, 6.45) is 4.62. The summed E-state index contributed by atoms with van der Waals surface area (Å²) in [6, 6.07) is 0. The van der Waals surface area contributed by atoms with Crippen LogP contribution in [-0.4, -0.2) is 12.6 Å². The molecule has 2 nitrogen and oxygen atoms in total. The number of halogens is 1. The van der Waals surface area contributed by atoms with E-state index < -0.39 is 0 Å². The Bertz CT molecular complexity index is 146. The summed E-state index contributed by atoms with van der Waals surface area (Å²) in [5.41, 5.74) is 0. The van der Waals surface area contributed by atoms with Gasteiger partial charge in [0.1, 0.15) is 6.21 Å². The average Bonchev–Trinajstić information content (AvgIpc) is 1.69. The van der Waals surface area contributed by atoms with Gasteiger partial charge in [0.25, 0.3) is 0 Å². The number of rotatable bonds is 0. The molecule has 1 aliphatic rings. The molecule has 0 atom stereocenters. The highest BCUT2D eigenvalue weighted by Crippen LogP contribution is 1.99.